The smallest absolute Gasteiger partial charge is 0.224 e. The van der Waals surface area contributed by atoms with E-state index in [0.29, 0.717) is 11.9 Å². The lowest BCUT2D eigenvalue weighted by Gasteiger charge is -2.27. The SMILES string of the molecule is CNc1nc(C)cc(NCC2CCCCC2O)n1. The number of anilines is 2. The zero-order valence-electron chi connectivity index (χ0n) is 11.1. The zero-order chi connectivity index (χ0) is 13.0. The molecule has 2 atom stereocenters. The zero-order valence-corrected chi connectivity index (χ0v) is 11.1. The predicted octanol–water partition coefficient (Wildman–Crippen LogP) is 1.79. The van der Waals surface area contributed by atoms with Crippen molar-refractivity contribution in [2.24, 2.45) is 5.92 Å². The van der Waals surface area contributed by atoms with E-state index in [-0.39, 0.29) is 6.10 Å². The molecule has 2 rings (SSSR count). The lowest BCUT2D eigenvalue weighted by atomic mass is 9.86. The van der Waals surface area contributed by atoms with Gasteiger partial charge in [0.15, 0.2) is 0 Å². The van der Waals surface area contributed by atoms with Crippen LogP contribution in [0.3, 0.4) is 0 Å². The van der Waals surface area contributed by atoms with Gasteiger partial charge in [0.1, 0.15) is 5.82 Å². The van der Waals surface area contributed by atoms with E-state index < -0.39 is 0 Å². The lowest BCUT2D eigenvalue weighted by molar-refractivity contribution is 0.0763. The molecule has 0 aromatic carbocycles. The Morgan fingerprint density at radius 1 is 1.33 bits per heavy atom. The van der Waals surface area contributed by atoms with Gasteiger partial charge < -0.3 is 15.7 Å². The average molecular weight is 250 g/mol. The topological polar surface area (TPSA) is 70.1 Å². The second-order valence-corrected chi connectivity index (χ2v) is 4.96. The van der Waals surface area contributed by atoms with E-state index in [1.807, 2.05) is 20.0 Å². The van der Waals surface area contributed by atoms with Crippen LogP contribution in [-0.2, 0) is 0 Å². The van der Waals surface area contributed by atoms with Gasteiger partial charge in [-0.3, -0.25) is 0 Å². The molecule has 5 nitrogen and oxygen atoms in total. The Labute approximate surface area is 108 Å². The van der Waals surface area contributed by atoms with E-state index in [2.05, 4.69) is 20.6 Å². The third-order valence-electron chi connectivity index (χ3n) is 3.49. The van der Waals surface area contributed by atoms with E-state index in [4.69, 9.17) is 0 Å². The lowest BCUT2D eigenvalue weighted by Crippen LogP contribution is -2.30. The van der Waals surface area contributed by atoms with Gasteiger partial charge in [-0.05, 0) is 19.8 Å². The highest BCUT2D eigenvalue weighted by atomic mass is 16.3. The molecular formula is C13H22N4O. The summed E-state index contributed by atoms with van der Waals surface area (Å²) in [5.74, 6) is 1.79. The van der Waals surface area contributed by atoms with Gasteiger partial charge in [-0.2, -0.15) is 4.98 Å². The average Bonchev–Trinajstić information content (AvgIpc) is 2.37. The number of aryl methyl sites for hydroxylation is 1. The first-order chi connectivity index (χ1) is 8.69. The van der Waals surface area contributed by atoms with Crippen molar-refractivity contribution in [3.05, 3.63) is 11.8 Å². The summed E-state index contributed by atoms with van der Waals surface area (Å²) in [7, 11) is 1.81. The van der Waals surface area contributed by atoms with Gasteiger partial charge in [-0.15, -0.1) is 0 Å². The van der Waals surface area contributed by atoms with Crippen LogP contribution in [0.25, 0.3) is 0 Å². The van der Waals surface area contributed by atoms with Crippen molar-refractivity contribution in [2.75, 3.05) is 24.2 Å². The highest BCUT2D eigenvalue weighted by Crippen LogP contribution is 2.24. The monoisotopic (exact) mass is 250 g/mol. The largest absolute Gasteiger partial charge is 0.393 e. The van der Waals surface area contributed by atoms with Crippen molar-refractivity contribution in [1.29, 1.82) is 0 Å². The van der Waals surface area contributed by atoms with Crippen LogP contribution in [0.15, 0.2) is 6.07 Å². The van der Waals surface area contributed by atoms with Crippen LogP contribution in [-0.4, -0.2) is 34.8 Å². The molecule has 18 heavy (non-hydrogen) atoms. The third-order valence-corrected chi connectivity index (χ3v) is 3.49. The normalized spacial score (nSPS) is 23.7. The van der Waals surface area contributed by atoms with Gasteiger partial charge in [-0.1, -0.05) is 12.8 Å². The number of aliphatic hydroxyl groups excluding tert-OH is 1. The van der Waals surface area contributed by atoms with E-state index >= 15 is 0 Å². The van der Waals surface area contributed by atoms with Gasteiger partial charge in [0.05, 0.1) is 6.10 Å². The Hall–Kier alpha value is -1.36. The molecule has 5 heteroatoms. The third kappa shape index (κ3) is 3.32. The van der Waals surface area contributed by atoms with Crippen molar-refractivity contribution < 1.29 is 5.11 Å². The summed E-state index contributed by atoms with van der Waals surface area (Å²) in [5, 5.41) is 16.2. The predicted molar refractivity (Wildman–Crippen MR) is 72.8 cm³/mol. The number of nitrogens with one attached hydrogen (secondary N) is 2. The summed E-state index contributed by atoms with van der Waals surface area (Å²) < 4.78 is 0. The van der Waals surface area contributed by atoms with E-state index in [0.717, 1.165) is 37.3 Å². The molecule has 0 amide bonds. The minimum absolute atomic E-state index is 0.169. The van der Waals surface area contributed by atoms with Crippen LogP contribution < -0.4 is 10.6 Å². The molecule has 1 aliphatic rings. The number of nitrogens with zero attached hydrogens (tertiary/aromatic N) is 2. The fraction of sp³-hybridized carbons (Fsp3) is 0.692. The quantitative estimate of drug-likeness (QED) is 0.760. The van der Waals surface area contributed by atoms with Gasteiger partial charge in [0.25, 0.3) is 0 Å². The summed E-state index contributed by atoms with van der Waals surface area (Å²) in [5.41, 5.74) is 0.932. The number of hydrogen-bond acceptors (Lipinski definition) is 5. The molecule has 2 unspecified atom stereocenters. The summed E-state index contributed by atoms with van der Waals surface area (Å²) in [4.78, 5) is 8.60. The summed E-state index contributed by atoms with van der Waals surface area (Å²) >= 11 is 0. The highest BCUT2D eigenvalue weighted by Gasteiger charge is 2.22. The van der Waals surface area contributed by atoms with Crippen LogP contribution in [0.5, 0.6) is 0 Å². The van der Waals surface area contributed by atoms with Gasteiger partial charge in [0, 0.05) is 31.3 Å². The number of aliphatic hydroxyl groups is 1. The van der Waals surface area contributed by atoms with Crippen LogP contribution in [0.1, 0.15) is 31.4 Å². The molecule has 0 aliphatic heterocycles. The standard InChI is InChI=1S/C13H22N4O/c1-9-7-12(17-13(14-2)16-9)15-8-10-5-3-4-6-11(10)18/h7,10-11,18H,3-6,8H2,1-2H3,(H2,14,15,16,17). The van der Waals surface area contributed by atoms with Crippen molar-refractivity contribution in [3.8, 4) is 0 Å². The van der Waals surface area contributed by atoms with Crippen molar-refractivity contribution in [1.82, 2.24) is 9.97 Å². The summed E-state index contributed by atoms with van der Waals surface area (Å²) in [6.45, 7) is 2.73. The molecule has 0 bridgehead atoms. The first kappa shape index (κ1) is 13.1. The molecule has 0 spiro atoms. The molecule has 100 valence electrons. The Morgan fingerprint density at radius 2 is 2.11 bits per heavy atom. The van der Waals surface area contributed by atoms with E-state index in [1.54, 1.807) is 0 Å². The van der Waals surface area contributed by atoms with Gasteiger partial charge >= 0.3 is 0 Å². The van der Waals surface area contributed by atoms with Crippen molar-refractivity contribution in [3.63, 3.8) is 0 Å². The van der Waals surface area contributed by atoms with Gasteiger partial charge in [0.2, 0.25) is 5.95 Å². The van der Waals surface area contributed by atoms with Crippen LogP contribution in [0.2, 0.25) is 0 Å². The molecular weight excluding hydrogens is 228 g/mol. The maximum atomic E-state index is 9.92. The maximum absolute atomic E-state index is 9.92. The Kier molecular flexibility index (Phi) is 4.36. The Balaban J connectivity index is 1.94. The highest BCUT2D eigenvalue weighted by molar-refractivity contribution is 5.41. The Bertz CT molecular complexity index is 397. The fourth-order valence-corrected chi connectivity index (χ4v) is 2.43. The van der Waals surface area contributed by atoms with E-state index in [9.17, 15) is 5.11 Å². The first-order valence-electron chi connectivity index (χ1n) is 6.64. The number of hydrogen-bond donors (Lipinski definition) is 3. The molecule has 1 fully saturated rings. The number of rotatable bonds is 4. The molecule has 3 N–H and O–H groups in total. The molecule has 1 aromatic heterocycles. The Morgan fingerprint density at radius 3 is 2.83 bits per heavy atom. The fourth-order valence-electron chi connectivity index (χ4n) is 2.43. The van der Waals surface area contributed by atoms with Crippen molar-refractivity contribution >= 4 is 11.8 Å². The minimum Gasteiger partial charge on any atom is -0.393 e. The second-order valence-electron chi connectivity index (χ2n) is 4.96. The summed E-state index contributed by atoms with van der Waals surface area (Å²) in [6.07, 6.45) is 4.22. The van der Waals surface area contributed by atoms with Crippen LogP contribution in [0.4, 0.5) is 11.8 Å². The molecule has 1 aromatic rings. The first-order valence-corrected chi connectivity index (χ1v) is 6.64. The van der Waals surface area contributed by atoms with E-state index in [1.165, 1.54) is 6.42 Å². The maximum Gasteiger partial charge on any atom is 0.224 e. The van der Waals surface area contributed by atoms with Gasteiger partial charge in [-0.25, -0.2) is 4.98 Å². The second kappa shape index (κ2) is 6.00. The molecule has 1 heterocycles. The molecule has 1 aliphatic carbocycles. The molecule has 1 saturated carbocycles. The molecule has 0 saturated heterocycles. The number of aromatic nitrogens is 2. The van der Waals surface area contributed by atoms with Crippen LogP contribution in [0, 0.1) is 12.8 Å². The minimum atomic E-state index is -0.169. The molecule has 0 radical (unpaired) electrons. The van der Waals surface area contributed by atoms with Crippen molar-refractivity contribution in [2.45, 2.75) is 38.7 Å². The summed E-state index contributed by atoms with van der Waals surface area (Å²) in [6, 6.07) is 1.93. The van der Waals surface area contributed by atoms with Crippen LogP contribution >= 0.6 is 0 Å².